The zero-order chi connectivity index (χ0) is 78.9. The Bertz CT molecular complexity index is 4210. The van der Waals surface area contributed by atoms with E-state index in [1.807, 2.05) is 0 Å². The van der Waals surface area contributed by atoms with E-state index in [0.29, 0.717) is 36.3 Å². The van der Waals surface area contributed by atoms with E-state index >= 15 is 26.3 Å². The quantitative estimate of drug-likeness (QED) is 0.0268. The standard InChI is InChI=1S/C38H43F9N2O4.C36H39F9N2O4.Li.H2O.2H2S/c1-8-53-32(52)16-24(34-35(40)25(17-27(36(34)41)38(45,46)47)33-22(5)13-21(4)14-28(33)39)15-30(50)29(12-20(2)3)49-19-23(10-9-11-48(6)7)26(18-31(49)51)37(42,43)44;1-18(2)10-27(47-17-21(8-7-9-46(5)6)24(16-29(47)49)35(40,41)42)28(48)13-22(14-30(50)51)32-33(38)23(15-25(34(32)39)36(43,44)45)31-20(4)11-19(3)12-26(31)37;;;;/h13-14,17-20,24,29H,8-12,15-16H2,1-7H3;11-12,15-18,22,27H,7-10,13-14H2,1-6H3,(H,50,51);;3*1H2/q;;+1;;;/p-1/t24-,29?;22-,27?;;;;/m00..../s1. The largest absolute Gasteiger partial charge is 1.00 e. The van der Waals surface area contributed by atoms with E-state index in [4.69, 9.17) is 4.74 Å². The molecule has 13 nitrogen and oxygen atoms in total. The second-order valence-electron chi connectivity index (χ2n) is 27.3. The molecule has 6 aromatic rings. The van der Waals surface area contributed by atoms with E-state index in [2.05, 4.69) is 0 Å². The molecule has 4 aromatic carbocycles. The normalized spacial score (nSPS) is 13.0. The van der Waals surface area contributed by atoms with Crippen LogP contribution >= 0.6 is 27.0 Å². The first-order valence-electron chi connectivity index (χ1n) is 33.0. The number of carbonyl (C=O) groups is 4. The van der Waals surface area contributed by atoms with Gasteiger partial charge in [0.05, 0.1) is 53.8 Å². The number of pyridine rings is 2. The molecule has 0 amide bonds. The van der Waals surface area contributed by atoms with E-state index in [0.717, 1.165) is 33.7 Å². The van der Waals surface area contributed by atoms with Crippen molar-refractivity contribution in [2.45, 2.75) is 175 Å². The summed E-state index contributed by atoms with van der Waals surface area (Å²) in [5, 5.41) is 9.68. The Morgan fingerprint density at radius 1 is 0.491 bits per heavy atom. The number of carboxylic acid groups (broad SMARTS) is 1. The maximum Gasteiger partial charge on any atom is 1.00 e. The number of aromatic nitrogens is 2. The van der Waals surface area contributed by atoms with Gasteiger partial charge in [0.25, 0.3) is 11.1 Å². The number of aliphatic carboxylic acids is 1. The predicted octanol–water partition coefficient (Wildman–Crippen LogP) is 15.3. The summed E-state index contributed by atoms with van der Waals surface area (Å²) in [6, 6.07) is 2.35. The average Bonchev–Trinajstić information content (AvgIpc) is 0.763. The van der Waals surface area contributed by atoms with Gasteiger partial charge in [0.2, 0.25) is 0 Å². The topological polar surface area (TPSA) is 178 Å². The number of halogens is 18. The molecule has 34 heteroatoms. The molecule has 0 fully saturated rings. The van der Waals surface area contributed by atoms with Crippen LogP contribution in [0.3, 0.4) is 0 Å². The SMILES string of the molecule is CCOC(=O)C[C@H](CC(=O)C(CC(C)C)n1cc(CCCN(C)C)c(C(F)(F)F)cc1=O)c1c(F)c(-c2c(C)cc(C)cc2F)cc(C(F)(F)F)c1F.Cc1cc(C)c(-c2cc(C(F)(F)F)c(F)c([C@H](CC(=O)O)CC(=O)C(CC(C)C)n3cc(CCCN(C)C)c(C(F)(F)F)cc3=O)c2F)c(F)c1.S.S.[Li+].[OH-]. The van der Waals surface area contributed by atoms with Gasteiger partial charge >= 0.3 is 55.5 Å². The van der Waals surface area contributed by atoms with Gasteiger partial charge in [-0.3, -0.25) is 28.8 Å². The number of nitrogens with zero attached hydrogens (tertiary/aromatic N) is 4. The number of esters is 1. The number of hydrogen-bond acceptors (Lipinski definition) is 10. The van der Waals surface area contributed by atoms with Gasteiger partial charge in [-0.1, -0.05) is 39.8 Å². The van der Waals surface area contributed by atoms with Crippen LogP contribution in [0, 0.1) is 74.4 Å². The number of ether oxygens (including phenoxy) is 1. The first-order valence-corrected chi connectivity index (χ1v) is 33.0. The fraction of sp³-hybridized carbons (Fsp3) is 0.486. The molecule has 0 spiro atoms. The Hall–Kier alpha value is -7.02. The van der Waals surface area contributed by atoms with Crippen molar-refractivity contribution in [3.63, 3.8) is 0 Å². The van der Waals surface area contributed by atoms with Crippen molar-refractivity contribution in [2.24, 2.45) is 11.8 Å². The molecule has 6 rings (SSSR count). The van der Waals surface area contributed by atoms with Crippen LogP contribution in [0.15, 0.2) is 70.5 Å². The van der Waals surface area contributed by atoms with Crippen LogP contribution in [0.5, 0.6) is 0 Å². The van der Waals surface area contributed by atoms with Crippen molar-refractivity contribution >= 4 is 50.5 Å². The molecule has 0 aliphatic heterocycles. The molecule has 0 saturated heterocycles. The van der Waals surface area contributed by atoms with Crippen LogP contribution in [0.25, 0.3) is 22.3 Å². The summed E-state index contributed by atoms with van der Waals surface area (Å²) < 4.78 is 271. The second kappa shape index (κ2) is 40.8. The molecule has 2 aromatic heterocycles. The van der Waals surface area contributed by atoms with Gasteiger partial charge in [-0.05, 0) is 184 Å². The van der Waals surface area contributed by atoms with E-state index in [1.165, 1.54) is 46.8 Å². The van der Waals surface area contributed by atoms with Gasteiger partial charge in [-0.2, -0.15) is 79.7 Å². The zero-order valence-electron chi connectivity index (χ0n) is 61.8. The smallest absolute Gasteiger partial charge is 0.870 e. The van der Waals surface area contributed by atoms with Crippen LogP contribution in [0.2, 0.25) is 0 Å². The Balaban J connectivity index is 0.00000104. The van der Waals surface area contributed by atoms with Crippen LogP contribution in [0.4, 0.5) is 79.0 Å². The summed E-state index contributed by atoms with van der Waals surface area (Å²) in [5.74, 6) is -19.8. The minimum atomic E-state index is -5.47. The van der Waals surface area contributed by atoms with Crippen molar-refractivity contribution in [3.8, 4) is 22.3 Å². The van der Waals surface area contributed by atoms with E-state index in [1.54, 1.807) is 65.7 Å². The van der Waals surface area contributed by atoms with Crippen molar-refractivity contribution < 1.29 is 132 Å². The molecule has 0 radical (unpaired) electrons. The molecule has 0 aliphatic rings. The first-order chi connectivity index (χ1) is 47.9. The van der Waals surface area contributed by atoms with Crippen molar-refractivity contribution in [2.75, 3.05) is 47.9 Å². The third-order valence-corrected chi connectivity index (χ3v) is 17.2. The predicted molar refractivity (Wildman–Crippen MR) is 376 cm³/mol. The molecular weight excluding hydrogens is 1500 g/mol. The van der Waals surface area contributed by atoms with Gasteiger partial charge < -0.3 is 34.3 Å². The third kappa shape index (κ3) is 25.8. The minimum Gasteiger partial charge on any atom is -0.870 e. The molecule has 108 heavy (non-hydrogen) atoms. The molecule has 4 atom stereocenters. The van der Waals surface area contributed by atoms with Crippen LogP contribution in [-0.2, 0) is 61.5 Å². The number of carbonyl (C=O) groups excluding carboxylic acids is 3. The van der Waals surface area contributed by atoms with E-state index in [9.17, 15) is 86.6 Å². The monoisotopic (exact) mass is 1590 g/mol. The molecule has 596 valence electrons. The summed E-state index contributed by atoms with van der Waals surface area (Å²) in [4.78, 5) is 82.8. The summed E-state index contributed by atoms with van der Waals surface area (Å²) >= 11 is 0. The van der Waals surface area contributed by atoms with Gasteiger partial charge in [0.15, 0.2) is 11.6 Å². The molecule has 2 heterocycles. The van der Waals surface area contributed by atoms with Gasteiger partial charge in [0.1, 0.15) is 34.9 Å². The van der Waals surface area contributed by atoms with Crippen LogP contribution in [0.1, 0.15) is 177 Å². The maximum absolute atomic E-state index is 16.6. The van der Waals surface area contributed by atoms with E-state index < -0.39 is 205 Å². The summed E-state index contributed by atoms with van der Waals surface area (Å²) in [6.07, 6.45) is -23.6. The summed E-state index contributed by atoms with van der Waals surface area (Å²) in [5.41, 5.74) is -14.8. The fourth-order valence-corrected chi connectivity index (χ4v) is 12.7. The first kappa shape index (κ1) is 99.0. The Kier molecular flexibility index (Phi) is 37.4. The molecule has 2 N–H and O–H groups in total. The number of rotatable bonds is 29. The van der Waals surface area contributed by atoms with Gasteiger partial charge in [-0.25, -0.2) is 26.3 Å². The summed E-state index contributed by atoms with van der Waals surface area (Å²) in [6.45, 7) is 14.0. The molecule has 0 aliphatic carbocycles. The van der Waals surface area contributed by atoms with E-state index in [-0.39, 0.29) is 137 Å². The number of aryl methyl sites for hydroxylation is 6. The van der Waals surface area contributed by atoms with Crippen molar-refractivity contribution in [3.05, 3.63) is 183 Å². The zero-order valence-corrected chi connectivity index (χ0v) is 63.8. The Morgan fingerprint density at radius 2 is 0.815 bits per heavy atom. The molecule has 0 bridgehead atoms. The van der Waals surface area contributed by atoms with Crippen LogP contribution in [-0.4, -0.2) is 101 Å². The number of Topliss-reactive ketones (excluding diaryl/α,β-unsaturated/α-hetero) is 2. The Labute approximate surface area is 639 Å². The minimum absolute atomic E-state index is 0. The Morgan fingerprint density at radius 3 is 1.09 bits per heavy atom. The fourth-order valence-electron chi connectivity index (χ4n) is 12.7. The number of alkyl halides is 12. The number of hydrogen-bond donors (Lipinski definition) is 1. The van der Waals surface area contributed by atoms with Crippen molar-refractivity contribution in [1.82, 2.24) is 18.9 Å². The average molecular weight is 1590 g/mol. The van der Waals surface area contributed by atoms with Gasteiger partial charge in [-0.15, -0.1) is 0 Å². The second-order valence-corrected chi connectivity index (χ2v) is 27.3. The number of ketones is 2. The van der Waals surface area contributed by atoms with Crippen molar-refractivity contribution in [1.29, 1.82) is 0 Å². The van der Waals surface area contributed by atoms with Gasteiger partial charge in [0, 0.05) is 82.6 Å². The molecule has 2 unspecified atom stereocenters. The third-order valence-electron chi connectivity index (χ3n) is 17.2. The number of carboxylic acids is 1. The summed E-state index contributed by atoms with van der Waals surface area (Å²) in [7, 11) is 6.84. The van der Waals surface area contributed by atoms with Crippen LogP contribution < -0.4 is 30.0 Å². The number of benzene rings is 4. The molecular formula is C74H87F18LiN4O9S2. The molecule has 0 saturated carbocycles. The maximum atomic E-state index is 16.6.